The number of para-hydroxylation sites is 2. The molecule has 1 aromatic carbocycles. The van der Waals surface area contributed by atoms with Gasteiger partial charge >= 0.3 is 0 Å². The van der Waals surface area contributed by atoms with Gasteiger partial charge in [0.1, 0.15) is 0 Å². The van der Waals surface area contributed by atoms with Crippen LogP contribution in [0.4, 0.5) is 11.4 Å². The van der Waals surface area contributed by atoms with Gasteiger partial charge in [0.25, 0.3) is 0 Å². The SMILES string of the molecule is CN1CCN(CCCCCCNC2CC2)c2ccccc21. The molecular formula is C18H29N3. The number of hydrogen-bond acceptors (Lipinski definition) is 3. The van der Waals surface area contributed by atoms with E-state index in [2.05, 4.69) is 46.4 Å². The topological polar surface area (TPSA) is 18.5 Å². The molecule has 1 aliphatic carbocycles. The molecule has 0 bridgehead atoms. The third kappa shape index (κ3) is 4.13. The molecule has 1 aliphatic heterocycles. The Labute approximate surface area is 129 Å². The van der Waals surface area contributed by atoms with Gasteiger partial charge in [0.05, 0.1) is 11.4 Å². The van der Waals surface area contributed by atoms with Crippen molar-refractivity contribution in [2.75, 3.05) is 43.0 Å². The van der Waals surface area contributed by atoms with Gasteiger partial charge in [-0.1, -0.05) is 25.0 Å². The fraction of sp³-hybridized carbons (Fsp3) is 0.667. The van der Waals surface area contributed by atoms with Crippen molar-refractivity contribution < 1.29 is 0 Å². The highest BCUT2D eigenvalue weighted by Crippen LogP contribution is 2.31. The largest absolute Gasteiger partial charge is 0.371 e. The number of anilines is 2. The fourth-order valence-electron chi connectivity index (χ4n) is 3.17. The Morgan fingerprint density at radius 2 is 1.76 bits per heavy atom. The van der Waals surface area contributed by atoms with Crippen molar-refractivity contribution in [1.29, 1.82) is 0 Å². The van der Waals surface area contributed by atoms with Gasteiger partial charge in [0, 0.05) is 32.7 Å². The van der Waals surface area contributed by atoms with Crippen LogP contribution in [0.3, 0.4) is 0 Å². The maximum atomic E-state index is 3.60. The van der Waals surface area contributed by atoms with E-state index in [4.69, 9.17) is 0 Å². The summed E-state index contributed by atoms with van der Waals surface area (Å²) >= 11 is 0. The Morgan fingerprint density at radius 3 is 2.57 bits per heavy atom. The van der Waals surface area contributed by atoms with Gasteiger partial charge in [-0.2, -0.15) is 0 Å². The van der Waals surface area contributed by atoms with Crippen LogP contribution in [0.15, 0.2) is 24.3 Å². The molecule has 0 saturated heterocycles. The number of nitrogens with zero attached hydrogens (tertiary/aromatic N) is 2. The Balaban J connectivity index is 1.36. The average Bonchev–Trinajstić information content (AvgIpc) is 3.33. The van der Waals surface area contributed by atoms with Gasteiger partial charge in [-0.25, -0.2) is 0 Å². The lowest BCUT2D eigenvalue weighted by atomic mass is 10.1. The fourth-order valence-corrected chi connectivity index (χ4v) is 3.17. The number of likely N-dealkylation sites (N-methyl/N-ethyl adjacent to an activating group) is 1. The number of unbranched alkanes of at least 4 members (excludes halogenated alkanes) is 3. The molecule has 3 heteroatoms. The zero-order valence-electron chi connectivity index (χ0n) is 13.4. The summed E-state index contributed by atoms with van der Waals surface area (Å²) in [6.07, 6.45) is 8.21. The lowest BCUT2D eigenvalue weighted by Gasteiger charge is -2.37. The van der Waals surface area contributed by atoms with Crippen molar-refractivity contribution in [2.45, 2.75) is 44.6 Å². The predicted molar refractivity (Wildman–Crippen MR) is 91.4 cm³/mol. The highest BCUT2D eigenvalue weighted by Gasteiger charge is 2.20. The van der Waals surface area contributed by atoms with Gasteiger partial charge in [0.2, 0.25) is 0 Å². The number of rotatable bonds is 8. The van der Waals surface area contributed by atoms with Gasteiger partial charge in [-0.05, 0) is 44.4 Å². The van der Waals surface area contributed by atoms with Gasteiger partial charge in [-0.3, -0.25) is 0 Å². The molecule has 1 aromatic rings. The standard InChI is InChI=1S/C18H29N3/c1-20-14-15-21(18-9-5-4-8-17(18)20)13-7-3-2-6-12-19-16-10-11-16/h4-5,8-9,16,19H,2-3,6-7,10-15H2,1H3. The van der Waals surface area contributed by atoms with Crippen LogP contribution in [0.1, 0.15) is 38.5 Å². The molecule has 0 amide bonds. The number of nitrogens with one attached hydrogen (secondary N) is 1. The number of hydrogen-bond donors (Lipinski definition) is 1. The summed E-state index contributed by atoms with van der Waals surface area (Å²) in [7, 11) is 2.20. The lowest BCUT2D eigenvalue weighted by Crippen LogP contribution is -2.39. The first-order chi connectivity index (χ1) is 10.3. The molecule has 1 saturated carbocycles. The monoisotopic (exact) mass is 287 g/mol. The van der Waals surface area contributed by atoms with Crippen LogP contribution >= 0.6 is 0 Å². The van der Waals surface area contributed by atoms with Gasteiger partial charge in [0.15, 0.2) is 0 Å². The summed E-state index contributed by atoms with van der Waals surface area (Å²) < 4.78 is 0. The summed E-state index contributed by atoms with van der Waals surface area (Å²) in [5.74, 6) is 0. The Bertz CT molecular complexity index is 442. The van der Waals surface area contributed by atoms with Crippen LogP contribution in [0.25, 0.3) is 0 Å². The van der Waals surface area contributed by atoms with Crippen molar-refractivity contribution in [3.05, 3.63) is 24.3 Å². The van der Waals surface area contributed by atoms with Crippen LogP contribution in [0, 0.1) is 0 Å². The number of benzene rings is 1. The third-order valence-electron chi connectivity index (χ3n) is 4.70. The summed E-state index contributed by atoms with van der Waals surface area (Å²) in [4.78, 5) is 4.94. The molecule has 116 valence electrons. The molecule has 0 atom stereocenters. The van der Waals surface area contributed by atoms with E-state index in [0.717, 1.165) is 19.1 Å². The van der Waals surface area contributed by atoms with E-state index < -0.39 is 0 Å². The van der Waals surface area contributed by atoms with E-state index in [1.165, 1.54) is 63.0 Å². The quantitative estimate of drug-likeness (QED) is 0.740. The van der Waals surface area contributed by atoms with E-state index >= 15 is 0 Å². The molecule has 1 N–H and O–H groups in total. The average molecular weight is 287 g/mol. The summed E-state index contributed by atoms with van der Waals surface area (Å²) in [6.45, 7) is 4.74. The molecule has 0 unspecified atom stereocenters. The molecule has 0 spiro atoms. The van der Waals surface area contributed by atoms with Crippen molar-refractivity contribution in [2.24, 2.45) is 0 Å². The molecule has 1 fully saturated rings. The minimum absolute atomic E-state index is 0.867. The van der Waals surface area contributed by atoms with Gasteiger partial charge in [-0.15, -0.1) is 0 Å². The van der Waals surface area contributed by atoms with Crippen LogP contribution < -0.4 is 15.1 Å². The maximum Gasteiger partial charge on any atom is 0.0604 e. The van der Waals surface area contributed by atoms with Crippen molar-refractivity contribution in [1.82, 2.24) is 5.32 Å². The van der Waals surface area contributed by atoms with E-state index in [-0.39, 0.29) is 0 Å². The highest BCUT2D eigenvalue weighted by atomic mass is 15.2. The second-order valence-electron chi connectivity index (χ2n) is 6.54. The van der Waals surface area contributed by atoms with Crippen molar-refractivity contribution in [3.8, 4) is 0 Å². The molecule has 3 nitrogen and oxygen atoms in total. The highest BCUT2D eigenvalue weighted by molar-refractivity contribution is 5.72. The van der Waals surface area contributed by atoms with E-state index in [1.807, 2.05) is 0 Å². The Kier molecular flexibility index (Phi) is 5.02. The molecule has 0 radical (unpaired) electrons. The number of fused-ring (bicyclic) bond motifs is 1. The molecule has 1 heterocycles. The first kappa shape index (κ1) is 14.7. The molecular weight excluding hydrogens is 258 g/mol. The minimum Gasteiger partial charge on any atom is -0.371 e. The van der Waals surface area contributed by atoms with E-state index in [9.17, 15) is 0 Å². The summed E-state index contributed by atoms with van der Waals surface area (Å²) in [5.41, 5.74) is 2.80. The second-order valence-corrected chi connectivity index (χ2v) is 6.54. The lowest BCUT2D eigenvalue weighted by molar-refractivity contribution is 0.578. The Hall–Kier alpha value is -1.22. The predicted octanol–water partition coefficient (Wildman–Crippen LogP) is 3.26. The second kappa shape index (κ2) is 7.17. The van der Waals surface area contributed by atoms with Crippen molar-refractivity contribution in [3.63, 3.8) is 0 Å². The summed E-state index contributed by atoms with van der Waals surface area (Å²) in [5, 5.41) is 3.60. The van der Waals surface area contributed by atoms with Crippen LogP contribution in [0.5, 0.6) is 0 Å². The van der Waals surface area contributed by atoms with Crippen molar-refractivity contribution >= 4 is 11.4 Å². The molecule has 2 aliphatic rings. The maximum absolute atomic E-state index is 3.60. The van der Waals surface area contributed by atoms with E-state index in [0.29, 0.717) is 0 Å². The molecule has 0 aromatic heterocycles. The zero-order valence-corrected chi connectivity index (χ0v) is 13.4. The smallest absolute Gasteiger partial charge is 0.0604 e. The summed E-state index contributed by atoms with van der Waals surface area (Å²) in [6, 6.07) is 9.68. The Morgan fingerprint density at radius 1 is 1.00 bits per heavy atom. The first-order valence-corrected chi connectivity index (χ1v) is 8.63. The van der Waals surface area contributed by atoms with Crippen LogP contribution in [-0.4, -0.2) is 39.3 Å². The first-order valence-electron chi connectivity index (χ1n) is 8.63. The zero-order chi connectivity index (χ0) is 14.5. The third-order valence-corrected chi connectivity index (χ3v) is 4.70. The molecule has 21 heavy (non-hydrogen) atoms. The van der Waals surface area contributed by atoms with Gasteiger partial charge < -0.3 is 15.1 Å². The minimum atomic E-state index is 0.867. The normalized spacial score (nSPS) is 18.0. The molecule has 3 rings (SSSR count). The van der Waals surface area contributed by atoms with Crippen LogP contribution in [-0.2, 0) is 0 Å². The van der Waals surface area contributed by atoms with E-state index in [1.54, 1.807) is 0 Å². The van der Waals surface area contributed by atoms with Crippen LogP contribution in [0.2, 0.25) is 0 Å².